The predicted octanol–water partition coefficient (Wildman–Crippen LogP) is 1.81. The number of aromatic nitrogens is 4. The Balaban J connectivity index is 1.83. The largest absolute Gasteiger partial charge is 0.352 e. The molecule has 2 aromatic heterocycles. The van der Waals surface area contributed by atoms with E-state index in [2.05, 4.69) is 25.3 Å². The zero-order chi connectivity index (χ0) is 18.7. The average molecular weight is 355 g/mol. The van der Waals surface area contributed by atoms with Gasteiger partial charge in [0.05, 0.1) is 5.69 Å². The van der Waals surface area contributed by atoms with Crippen molar-refractivity contribution < 1.29 is 4.39 Å². The highest BCUT2D eigenvalue weighted by Crippen LogP contribution is 2.10. The van der Waals surface area contributed by atoms with Crippen LogP contribution >= 0.6 is 0 Å². The first-order chi connectivity index (χ1) is 12.4. The molecule has 0 radical (unpaired) electrons. The van der Waals surface area contributed by atoms with Gasteiger partial charge in [-0.05, 0) is 19.9 Å². The second-order valence-corrected chi connectivity index (χ2v) is 5.92. The normalized spacial score (nSPS) is 10.7. The minimum Gasteiger partial charge on any atom is -0.352 e. The summed E-state index contributed by atoms with van der Waals surface area (Å²) in [5, 5.41) is 2.90. The van der Waals surface area contributed by atoms with Crippen molar-refractivity contribution in [2.45, 2.75) is 26.8 Å². The van der Waals surface area contributed by atoms with Gasteiger partial charge in [0.2, 0.25) is 5.95 Å². The van der Waals surface area contributed by atoms with E-state index in [0.29, 0.717) is 28.3 Å². The molecule has 0 aliphatic heterocycles. The van der Waals surface area contributed by atoms with Gasteiger partial charge in [-0.3, -0.25) is 14.6 Å². The van der Waals surface area contributed by atoms with Crippen molar-refractivity contribution in [2.75, 3.05) is 5.32 Å². The van der Waals surface area contributed by atoms with Crippen LogP contribution in [0.3, 0.4) is 0 Å². The number of aryl methyl sites for hydroxylation is 2. The van der Waals surface area contributed by atoms with Crippen molar-refractivity contribution >= 4 is 5.95 Å². The number of hydrogen-bond donors (Lipinski definition) is 3. The number of aromatic amines is 2. The number of anilines is 1. The van der Waals surface area contributed by atoms with Gasteiger partial charge in [-0.25, -0.2) is 14.4 Å². The summed E-state index contributed by atoms with van der Waals surface area (Å²) in [6.07, 6.45) is 0.173. The lowest BCUT2D eigenvalue weighted by Gasteiger charge is -2.09. The maximum atomic E-state index is 13.7. The van der Waals surface area contributed by atoms with Gasteiger partial charge >= 0.3 is 0 Å². The van der Waals surface area contributed by atoms with E-state index < -0.39 is 0 Å². The molecule has 2 heterocycles. The van der Waals surface area contributed by atoms with Crippen molar-refractivity contribution in [1.82, 2.24) is 19.9 Å². The quantitative estimate of drug-likeness (QED) is 0.648. The molecule has 134 valence electrons. The summed E-state index contributed by atoms with van der Waals surface area (Å²) in [5.74, 6) is 0.402. The molecule has 3 aromatic rings. The Morgan fingerprint density at radius 1 is 1.12 bits per heavy atom. The fourth-order valence-electron chi connectivity index (χ4n) is 2.64. The molecule has 3 N–H and O–H groups in total. The van der Waals surface area contributed by atoms with Gasteiger partial charge in [-0.1, -0.05) is 18.2 Å². The van der Waals surface area contributed by atoms with Gasteiger partial charge < -0.3 is 10.3 Å². The topological polar surface area (TPSA) is 104 Å². The fraction of sp³-hybridized carbons (Fsp3) is 0.222. The van der Waals surface area contributed by atoms with E-state index in [1.807, 2.05) is 0 Å². The molecular formula is C18H18FN5O2. The number of H-pyrrole nitrogens is 2. The minimum absolute atomic E-state index is 0.171. The van der Waals surface area contributed by atoms with Crippen LogP contribution in [0, 0.1) is 19.7 Å². The highest BCUT2D eigenvalue weighted by Gasteiger charge is 2.10. The van der Waals surface area contributed by atoms with Crippen LogP contribution in [-0.2, 0) is 13.0 Å². The summed E-state index contributed by atoms with van der Waals surface area (Å²) in [5.41, 5.74) is 1.31. The highest BCUT2D eigenvalue weighted by molar-refractivity contribution is 5.31. The summed E-state index contributed by atoms with van der Waals surface area (Å²) in [7, 11) is 0. The third-order valence-electron chi connectivity index (χ3n) is 3.90. The Hall–Kier alpha value is -3.29. The Morgan fingerprint density at radius 2 is 1.88 bits per heavy atom. The lowest BCUT2D eigenvalue weighted by atomic mass is 10.1. The van der Waals surface area contributed by atoms with E-state index in [0.717, 1.165) is 0 Å². The molecule has 7 nitrogen and oxygen atoms in total. The van der Waals surface area contributed by atoms with Gasteiger partial charge in [0, 0.05) is 35.9 Å². The van der Waals surface area contributed by atoms with Gasteiger partial charge in [-0.15, -0.1) is 0 Å². The van der Waals surface area contributed by atoms with Crippen LogP contribution in [0.15, 0.2) is 39.9 Å². The zero-order valence-electron chi connectivity index (χ0n) is 14.4. The molecule has 0 fully saturated rings. The summed E-state index contributed by atoms with van der Waals surface area (Å²) in [6, 6.07) is 7.67. The zero-order valence-corrected chi connectivity index (χ0v) is 14.4. The monoisotopic (exact) mass is 355 g/mol. The van der Waals surface area contributed by atoms with Crippen molar-refractivity contribution in [3.8, 4) is 0 Å². The fourth-order valence-corrected chi connectivity index (χ4v) is 2.64. The van der Waals surface area contributed by atoms with Crippen molar-refractivity contribution in [2.24, 2.45) is 0 Å². The van der Waals surface area contributed by atoms with E-state index in [1.165, 1.54) is 12.1 Å². The van der Waals surface area contributed by atoms with Crippen LogP contribution in [0.4, 0.5) is 10.3 Å². The summed E-state index contributed by atoms with van der Waals surface area (Å²) >= 11 is 0. The van der Waals surface area contributed by atoms with Crippen molar-refractivity contribution in [1.29, 1.82) is 0 Å². The number of benzene rings is 1. The van der Waals surface area contributed by atoms with E-state index in [4.69, 9.17) is 0 Å². The number of halogens is 1. The molecular weight excluding hydrogens is 337 g/mol. The predicted molar refractivity (Wildman–Crippen MR) is 95.7 cm³/mol. The van der Waals surface area contributed by atoms with E-state index in [-0.39, 0.29) is 35.8 Å². The third-order valence-corrected chi connectivity index (χ3v) is 3.90. The first-order valence-corrected chi connectivity index (χ1v) is 8.06. The molecule has 0 saturated heterocycles. The molecule has 0 spiro atoms. The minimum atomic E-state index is -0.361. The Labute approximate surface area is 148 Å². The molecule has 0 bridgehead atoms. The molecule has 0 saturated carbocycles. The standard InChI is InChI=1S/C18H18FN5O2/c1-10-14(17(26)22-11(2)21-10)7-13-8-16(25)24-18(23-13)20-9-12-5-3-4-6-15(12)19/h3-6,8H,7,9H2,1-2H3,(H,21,22,26)(H2,20,23,24,25). The van der Waals surface area contributed by atoms with Gasteiger partial charge in [0.1, 0.15) is 11.6 Å². The highest BCUT2D eigenvalue weighted by atomic mass is 19.1. The SMILES string of the molecule is Cc1nc(C)c(Cc2cc(=O)[nH]c(NCc3ccccc3F)n2)c(=O)[nH]1. The number of rotatable bonds is 5. The van der Waals surface area contributed by atoms with Crippen LogP contribution in [0.5, 0.6) is 0 Å². The molecule has 26 heavy (non-hydrogen) atoms. The summed E-state index contributed by atoms with van der Waals surface area (Å²) < 4.78 is 13.7. The molecule has 1 aromatic carbocycles. The Bertz CT molecular complexity index is 1060. The van der Waals surface area contributed by atoms with E-state index in [9.17, 15) is 14.0 Å². The molecule has 0 amide bonds. The van der Waals surface area contributed by atoms with Crippen LogP contribution in [0.1, 0.15) is 28.3 Å². The van der Waals surface area contributed by atoms with E-state index >= 15 is 0 Å². The number of hydrogen-bond acceptors (Lipinski definition) is 5. The van der Waals surface area contributed by atoms with E-state index in [1.54, 1.807) is 32.0 Å². The third kappa shape index (κ3) is 4.02. The van der Waals surface area contributed by atoms with Crippen LogP contribution in [-0.4, -0.2) is 19.9 Å². The Kier molecular flexibility index (Phi) is 4.92. The van der Waals surface area contributed by atoms with Gasteiger partial charge in [-0.2, -0.15) is 0 Å². The van der Waals surface area contributed by atoms with Gasteiger partial charge in [0.15, 0.2) is 0 Å². The first-order valence-electron chi connectivity index (χ1n) is 8.06. The number of nitrogens with one attached hydrogen (secondary N) is 3. The lowest BCUT2D eigenvalue weighted by molar-refractivity contribution is 0.612. The van der Waals surface area contributed by atoms with Crippen molar-refractivity contribution in [3.63, 3.8) is 0 Å². The van der Waals surface area contributed by atoms with Gasteiger partial charge in [0.25, 0.3) is 11.1 Å². The number of nitrogens with zero attached hydrogens (tertiary/aromatic N) is 2. The smallest absolute Gasteiger partial charge is 0.254 e. The maximum absolute atomic E-state index is 13.7. The second-order valence-electron chi connectivity index (χ2n) is 5.92. The Morgan fingerprint density at radius 3 is 2.62 bits per heavy atom. The second kappa shape index (κ2) is 7.30. The summed E-state index contributed by atoms with van der Waals surface area (Å²) in [6.45, 7) is 3.61. The molecule has 8 heteroatoms. The molecule has 0 atom stereocenters. The molecule has 0 unspecified atom stereocenters. The first kappa shape index (κ1) is 17.5. The van der Waals surface area contributed by atoms with Crippen molar-refractivity contribution in [3.05, 3.63) is 85.2 Å². The molecule has 3 rings (SSSR count). The molecule has 0 aliphatic carbocycles. The lowest BCUT2D eigenvalue weighted by Crippen LogP contribution is -2.20. The van der Waals surface area contributed by atoms with Crippen LogP contribution in [0.25, 0.3) is 0 Å². The average Bonchev–Trinajstić information content (AvgIpc) is 2.57. The summed E-state index contributed by atoms with van der Waals surface area (Å²) in [4.78, 5) is 37.8. The van der Waals surface area contributed by atoms with Crippen LogP contribution < -0.4 is 16.4 Å². The van der Waals surface area contributed by atoms with Crippen LogP contribution in [0.2, 0.25) is 0 Å². The molecule has 0 aliphatic rings. The maximum Gasteiger partial charge on any atom is 0.254 e.